The number of aromatic nitrogens is 1. The summed E-state index contributed by atoms with van der Waals surface area (Å²) in [5.74, 6) is 0. The highest BCUT2D eigenvalue weighted by Gasteiger charge is 1.91. The third kappa shape index (κ3) is 2.17. The molecule has 0 aromatic carbocycles. The Bertz CT molecular complexity index is 240. The molecule has 0 aliphatic rings. The molecular formula is C6H6BINO. The van der Waals surface area contributed by atoms with Crippen molar-refractivity contribution in [2.45, 2.75) is 0 Å². The van der Waals surface area contributed by atoms with Crippen molar-refractivity contribution in [1.82, 2.24) is 4.98 Å². The summed E-state index contributed by atoms with van der Waals surface area (Å²) in [7, 11) is 2.04. The molecule has 0 amide bonds. The fourth-order valence-electron chi connectivity index (χ4n) is 0.639. The molecular weight excluding hydrogens is 240 g/mol. The van der Waals surface area contributed by atoms with Gasteiger partial charge < -0.3 is 4.98 Å². The Kier molecular flexibility index (Phi) is 2.98. The van der Waals surface area contributed by atoms with E-state index in [1.807, 2.05) is 7.28 Å². The van der Waals surface area contributed by atoms with Crippen molar-refractivity contribution < 1.29 is 0 Å². The molecule has 1 rings (SSSR count). The average Bonchev–Trinajstić information content (AvgIpc) is 1.95. The van der Waals surface area contributed by atoms with Crippen LogP contribution in [0.15, 0.2) is 23.1 Å². The van der Waals surface area contributed by atoms with Gasteiger partial charge in [-0.3, -0.25) is 4.79 Å². The molecule has 0 aliphatic heterocycles. The van der Waals surface area contributed by atoms with Gasteiger partial charge in [0.15, 0.2) is 7.28 Å². The summed E-state index contributed by atoms with van der Waals surface area (Å²) >= 11 is 2.25. The Balaban J connectivity index is 2.79. The fraction of sp³-hybridized carbons (Fsp3) is 0.167. The summed E-state index contributed by atoms with van der Waals surface area (Å²) in [4.78, 5) is 13.1. The molecule has 4 heteroatoms. The first-order chi connectivity index (χ1) is 4.83. The third-order valence-electron chi connectivity index (χ3n) is 1.12. The number of rotatable bonds is 2. The predicted octanol–water partition coefficient (Wildman–Crippen LogP) is 0.0969. The van der Waals surface area contributed by atoms with Crippen molar-refractivity contribution in [1.29, 1.82) is 0 Å². The van der Waals surface area contributed by atoms with Crippen LogP contribution in [0.3, 0.4) is 0 Å². The standard InChI is InChI=1S/C6H6BINO/c8-4-7-5-1-2-6(10)9-3-5/h1-3H,4H2,(H,9,10). The first-order valence-electron chi connectivity index (χ1n) is 2.91. The largest absolute Gasteiger partial charge is 0.330 e. The highest BCUT2D eigenvalue weighted by Crippen LogP contribution is 1.77. The van der Waals surface area contributed by atoms with Crippen molar-refractivity contribution in [3.8, 4) is 0 Å². The first kappa shape index (κ1) is 7.85. The van der Waals surface area contributed by atoms with Crippen molar-refractivity contribution in [2.24, 2.45) is 0 Å². The molecule has 0 saturated carbocycles. The number of aromatic amines is 1. The molecule has 1 radical (unpaired) electrons. The predicted molar refractivity (Wildman–Crippen MR) is 51.3 cm³/mol. The Hall–Kier alpha value is -0.255. The monoisotopic (exact) mass is 246 g/mol. The minimum atomic E-state index is -0.0504. The molecule has 0 spiro atoms. The van der Waals surface area contributed by atoms with Gasteiger partial charge in [-0.15, -0.1) is 0 Å². The van der Waals surface area contributed by atoms with Crippen molar-refractivity contribution >= 4 is 35.3 Å². The third-order valence-corrected chi connectivity index (χ3v) is 1.56. The zero-order valence-electron chi connectivity index (χ0n) is 5.30. The topological polar surface area (TPSA) is 32.9 Å². The molecule has 10 heavy (non-hydrogen) atoms. The van der Waals surface area contributed by atoms with Crippen molar-refractivity contribution in [3.63, 3.8) is 0 Å². The maximum absolute atomic E-state index is 10.6. The molecule has 0 saturated heterocycles. The number of pyridine rings is 1. The van der Waals surface area contributed by atoms with Crippen molar-refractivity contribution in [2.75, 3.05) is 4.33 Å². The zero-order valence-corrected chi connectivity index (χ0v) is 7.46. The van der Waals surface area contributed by atoms with E-state index in [1.165, 1.54) is 6.07 Å². The number of halogens is 1. The van der Waals surface area contributed by atoms with Gasteiger partial charge in [-0.25, -0.2) is 0 Å². The van der Waals surface area contributed by atoms with E-state index < -0.39 is 0 Å². The second-order valence-electron chi connectivity index (χ2n) is 1.84. The quantitative estimate of drug-likeness (QED) is 0.448. The van der Waals surface area contributed by atoms with Gasteiger partial charge in [-0.2, -0.15) is 0 Å². The Morgan fingerprint density at radius 1 is 1.60 bits per heavy atom. The second kappa shape index (κ2) is 3.80. The normalized spacial score (nSPS) is 9.30. The van der Waals surface area contributed by atoms with Crippen LogP contribution in [-0.4, -0.2) is 16.6 Å². The van der Waals surface area contributed by atoms with E-state index in [2.05, 4.69) is 27.6 Å². The molecule has 0 unspecified atom stereocenters. The Morgan fingerprint density at radius 2 is 2.40 bits per heavy atom. The van der Waals surface area contributed by atoms with Crippen LogP contribution in [0, 0.1) is 0 Å². The van der Waals surface area contributed by atoms with Crippen LogP contribution in [0.25, 0.3) is 0 Å². The van der Waals surface area contributed by atoms with Crippen LogP contribution in [-0.2, 0) is 0 Å². The molecule has 1 aromatic rings. The molecule has 0 fully saturated rings. The van der Waals surface area contributed by atoms with E-state index in [1.54, 1.807) is 12.3 Å². The van der Waals surface area contributed by atoms with Gasteiger partial charge in [0.05, 0.1) is 0 Å². The Morgan fingerprint density at radius 3 is 2.90 bits per heavy atom. The molecule has 51 valence electrons. The highest BCUT2D eigenvalue weighted by atomic mass is 127. The number of alkyl halides is 1. The summed E-state index contributed by atoms with van der Waals surface area (Å²) in [6.45, 7) is 0. The molecule has 1 N–H and O–H groups in total. The minimum Gasteiger partial charge on any atom is -0.330 e. The van der Waals surface area contributed by atoms with Crippen LogP contribution in [0.2, 0.25) is 0 Å². The van der Waals surface area contributed by atoms with Gasteiger partial charge in [0.1, 0.15) is 0 Å². The SMILES string of the molecule is O=c1ccc([B]CI)c[nH]1. The number of H-pyrrole nitrogens is 1. The summed E-state index contributed by atoms with van der Waals surface area (Å²) in [6.07, 6.45) is 1.71. The highest BCUT2D eigenvalue weighted by molar-refractivity contribution is 14.1. The number of hydrogen-bond acceptors (Lipinski definition) is 1. The van der Waals surface area contributed by atoms with E-state index in [9.17, 15) is 4.79 Å². The van der Waals surface area contributed by atoms with Gasteiger partial charge in [0.25, 0.3) is 0 Å². The molecule has 2 nitrogen and oxygen atoms in total. The summed E-state index contributed by atoms with van der Waals surface area (Å²) in [6, 6.07) is 3.33. The molecule has 1 aromatic heterocycles. The van der Waals surface area contributed by atoms with E-state index in [-0.39, 0.29) is 5.56 Å². The molecule has 1 heterocycles. The number of nitrogens with one attached hydrogen (secondary N) is 1. The van der Waals surface area contributed by atoms with Gasteiger partial charge in [0, 0.05) is 6.07 Å². The van der Waals surface area contributed by atoms with Crippen LogP contribution in [0.4, 0.5) is 0 Å². The molecule has 0 aliphatic carbocycles. The maximum Gasteiger partial charge on any atom is 0.247 e. The minimum absolute atomic E-state index is 0.0504. The van der Waals surface area contributed by atoms with E-state index >= 15 is 0 Å². The lowest BCUT2D eigenvalue weighted by atomic mass is 9.74. The van der Waals surface area contributed by atoms with E-state index in [0.717, 1.165) is 9.79 Å². The first-order valence-corrected chi connectivity index (χ1v) is 4.43. The maximum atomic E-state index is 10.6. The smallest absolute Gasteiger partial charge is 0.247 e. The summed E-state index contributed by atoms with van der Waals surface area (Å²) in [5.41, 5.74) is 1.01. The van der Waals surface area contributed by atoms with Crippen LogP contribution in [0.5, 0.6) is 0 Å². The summed E-state index contributed by atoms with van der Waals surface area (Å²) < 4.78 is 0.962. The zero-order chi connectivity index (χ0) is 7.40. The molecule has 0 bridgehead atoms. The average molecular weight is 246 g/mol. The molecule has 0 atom stereocenters. The lowest BCUT2D eigenvalue weighted by Gasteiger charge is -1.91. The fourth-order valence-corrected chi connectivity index (χ4v) is 1.15. The van der Waals surface area contributed by atoms with Gasteiger partial charge >= 0.3 is 0 Å². The van der Waals surface area contributed by atoms with Gasteiger partial charge in [-0.1, -0.05) is 34.1 Å². The summed E-state index contributed by atoms with van der Waals surface area (Å²) in [5, 5.41) is 0. The lowest BCUT2D eigenvalue weighted by Crippen LogP contribution is -2.19. The van der Waals surface area contributed by atoms with E-state index in [4.69, 9.17) is 0 Å². The van der Waals surface area contributed by atoms with Crippen LogP contribution in [0.1, 0.15) is 0 Å². The van der Waals surface area contributed by atoms with Crippen molar-refractivity contribution in [3.05, 3.63) is 28.7 Å². The van der Waals surface area contributed by atoms with Gasteiger partial charge in [0.2, 0.25) is 5.56 Å². The van der Waals surface area contributed by atoms with Crippen LogP contribution >= 0.6 is 22.6 Å². The second-order valence-corrected chi connectivity index (χ2v) is 2.73. The van der Waals surface area contributed by atoms with Gasteiger partial charge in [-0.05, 0) is 10.5 Å². The van der Waals surface area contributed by atoms with E-state index in [0.29, 0.717) is 0 Å². The Labute approximate surface area is 73.4 Å². The lowest BCUT2D eigenvalue weighted by molar-refractivity contribution is 1.25. The number of hydrogen-bond donors (Lipinski definition) is 1. The van der Waals surface area contributed by atoms with Crippen LogP contribution < -0.4 is 11.0 Å².